The quantitative estimate of drug-likeness (QED) is 0.413. The first-order chi connectivity index (χ1) is 13.4. The molecule has 0 atom stereocenters. The van der Waals surface area contributed by atoms with Gasteiger partial charge in [-0.15, -0.1) is 0 Å². The molecule has 0 aromatic heterocycles. The molecule has 0 unspecified atom stereocenters. The number of para-hydroxylation sites is 1. The van der Waals surface area contributed by atoms with Crippen molar-refractivity contribution in [3.63, 3.8) is 0 Å². The molecule has 6 heteroatoms. The van der Waals surface area contributed by atoms with E-state index >= 15 is 0 Å². The van der Waals surface area contributed by atoms with Gasteiger partial charge in [0.05, 0.1) is 12.9 Å². The fourth-order valence-electron chi connectivity index (χ4n) is 2.74. The van der Waals surface area contributed by atoms with E-state index in [0.29, 0.717) is 5.75 Å². The molecule has 2 aromatic carbocycles. The monoisotopic (exact) mass is 380 g/mol. The van der Waals surface area contributed by atoms with E-state index in [-0.39, 0.29) is 12.5 Å². The van der Waals surface area contributed by atoms with E-state index in [2.05, 4.69) is 26.9 Å². The summed E-state index contributed by atoms with van der Waals surface area (Å²) < 4.78 is 5.50. The summed E-state index contributed by atoms with van der Waals surface area (Å²) in [6, 6.07) is 13.5. The van der Waals surface area contributed by atoms with Crippen LogP contribution in [-0.2, 0) is 4.79 Å². The number of hydrogen-bond donors (Lipinski definition) is 1. The van der Waals surface area contributed by atoms with Crippen LogP contribution < -0.4 is 15.1 Å². The van der Waals surface area contributed by atoms with Gasteiger partial charge in [0.25, 0.3) is 5.91 Å². The Morgan fingerprint density at radius 1 is 1.21 bits per heavy atom. The second-order valence-corrected chi connectivity index (χ2v) is 6.79. The van der Waals surface area contributed by atoms with Gasteiger partial charge < -0.3 is 9.64 Å². The number of nitrogens with one attached hydrogen (secondary N) is 1. The molecule has 0 saturated carbocycles. The zero-order valence-electron chi connectivity index (χ0n) is 17.0. The Balaban J connectivity index is 1.93. The lowest BCUT2D eigenvalue weighted by atomic mass is 10.1. The number of amides is 1. The van der Waals surface area contributed by atoms with Crippen LogP contribution in [0, 0.1) is 6.92 Å². The Morgan fingerprint density at radius 3 is 2.64 bits per heavy atom. The Kier molecular flexibility index (Phi) is 7.77. The number of aryl methyl sites for hydroxylation is 1. The molecule has 0 bridgehead atoms. The standard InChI is InChI=1S/C22H28N4O2/c1-6-19-13-18(11-12-20(19)26(5)16-25(3)4)14-23-24-22(27)15-28-21-10-8-7-9-17(21)2/h6-14H,1,15-16H2,2-5H3,(H,24,27)/b23-14+. The lowest BCUT2D eigenvalue weighted by Crippen LogP contribution is -2.30. The molecule has 0 aliphatic rings. The molecule has 0 spiro atoms. The summed E-state index contributed by atoms with van der Waals surface area (Å²) in [5.74, 6) is 0.375. The fraction of sp³-hybridized carbons (Fsp3) is 0.273. The van der Waals surface area contributed by atoms with Gasteiger partial charge in [-0.2, -0.15) is 5.10 Å². The number of carbonyl (C=O) groups excluding carboxylic acids is 1. The zero-order chi connectivity index (χ0) is 20.5. The van der Waals surface area contributed by atoms with Gasteiger partial charge in [0.2, 0.25) is 0 Å². The van der Waals surface area contributed by atoms with E-state index in [9.17, 15) is 4.79 Å². The number of rotatable bonds is 9. The van der Waals surface area contributed by atoms with Crippen LogP contribution in [0.15, 0.2) is 54.1 Å². The molecule has 2 aromatic rings. The highest BCUT2D eigenvalue weighted by molar-refractivity contribution is 5.85. The summed E-state index contributed by atoms with van der Waals surface area (Å²) in [5, 5.41) is 4.01. The van der Waals surface area contributed by atoms with Gasteiger partial charge in [-0.3, -0.25) is 9.69 Å². The summed E-state index contributed by atoms with van der Waals surface area (Å²) in [6.07, 6.45) is 3.42. The Bertz CT molecular complexity index is 846. The first-order valence-electron chi connectivity index (χ1n) is 9.03. The van der Waals surface area contributed by atoms with Crippen LogP contribution in [0.3, 0.4) is 0 Å². The molecule has 0 aliphatic heterocycles. The van der Waals surface area contributed by atoms with Crippen molar-refractivity contribution in [3.8, 4) is 5.75 Å². The van der Waals surface area contributed by atoms with Crippen LogP contribution in [-0.4, -0.2) is 51.4 Å². The molecule has 0 saturated heterocycles. The summed E-state index contributed by atoms with van der Waals surface area (Å²) >= 11 is 0. The maximum absolute atomic E-state index is 11.9. The number of benzene rings is 2. The van der Waals surface area contributed by atoms with Gasteiger partial charge in [0.15, 0.2) is 6.61 Å². The molecule has 1 N–H and O–H groups in total. The van der Waals surface area contributed by atoms with E-state index in [1.54, 1.807) is 6.21 Å². The number of carbonyl (C=O) groups is 1. The molecule has 6 nitrogen and oxygen atoms in total. The van der Waals surface area contributed by atoms with Crippen LogP contribution in [0.25, 0.3) is 6.08 Å². The second-order valence-electron chi connectivity index (χ2n) is 6.79. The third-order valence-corrected chi connectivity index (χ3v) is 4.03. The first kappa shape index (κ1) is 21.2. The topological polar surface area (TPSA) is 57.2 Å². The summed E-state index contributed by atoms with van der Waals surface area (Å²) in [4.78, 5) is 16.1. The average molecular weight is 380 g/mol. The number of nitrogens with zero attached hydrogens (tertiary/aromatic N) is 3. The van der Waals surface area contributed by atoms with Crippen molar-refractivity contribution in [2.45, 2.75) is 6.92 Å². The van der Waals surface area contributed by atoms with Crippen molar-refractivity contribution in [1.82, 2.24) is 10.3 Å². The van der Waals surface area contributed by atoms with E-state index in [0.717, 1.165) is 29.0 Å². The van der Waals surface area contributed by atoms with Crippen LogP contribution >= 0.6 is 0 Å². The van der Waals surface area contributed by atoms with Crippen LogP contribution in [0.2, 0.25) is 0 Å². The lowest BCUT2D eigenvalue weighted by Gasteiger charge is -2.25. The SMILES string of the molecule is C=Cc1cc(/C=N/NC(=O)COc2ccccc2C)ccc1N(C)CN(C)C. The molecule has 0 aliphatic carbocycles. The van der Waals surface area contributed by atoms with E-state index in [4.69, 9.17) is 4.74 Å². The normalized spacial score (nSPS) is 10.9. The molecule has 0 radical (unpaired) electrons. The highest BCUT2D eigenvalue weighted by Crippen LogP contribution is 2.22. The largest absolute Gasteiger partial charge is 0.483 e. The van der Waals surface area contributed by atoms with Crippen LogP contribution in [0.4, 0.5) is 5.69 Å². The van der Waals surface area contributed by atoms with Crippen molar-refractivity contribution in [3.05, 3.63) is 65.7 Å². The first-order valence-corrected chi connectivity index (χ1v) is 9.03. The van der Waals surface area contributed by atoms with Crippen LogP contribution in [0.1, 0.15) is 16.7 Å². The molecule has 0 fully saturated rings. The molecular formula is C22H28N4O2. The van der Waals surface area contributed by atoms with Gasteiger partial charge in [0.1, 0.15) is 5.75 Å². The minimum Gasteiger partial charge on any atom is -0.483 e. The number of hydrogen-bond acceptors (Lipinski definition) is 5. The molecule has 28 heavy (non-hydrogen) atoms. The number of hydrazone groups is 1. The van der Waals surface area contributed by atoms with Crippen molar-refractivity contribution in [2.24, 2.45) is 5.10 Å². The lowest BCUT2D eigenvalue weighted by molar-refractivity contribution is -0.123. The molecule has 148 valence electrons. The number of anilines is 1. The summed E-state index contributed by atoms with van der Waals surface area (Å²) in [7, 11) is 6.08. The molecular weight excluding hydrogens is 352 g/mol. The third-order valence-electron chi connectivity index (χ3n) is 4.03. The predicted molar refractivity (Wildman–Crippen MR) is 116 cm³/mol. The van der Waals surface area contributed by atoms with E-state index < -0.39 is 0 Å². The second kappa shape index (κ2) is 10.3. The average Bonchev–Trinajstić information content (AvgIpc) is 2.66. The Hall–Kier alpha value is -3.12. The van der Waals surface area contributed by atoms with E-state index in [1.807, 2.05) is 76.6 Å². The Labute approximate surface area is 167 Å². The predicted octanol–water partition coefficient (Wildman–Crippen LogP) is 3.12. The van der Waals surface area contributed by atoms with Gasteiger partial charge in [-0.05, 0) is 55.9 Å². The van der Waals surface area contributed by atoms with Crippen LogP contribution in [0.5, 0.6) is 5.75 Å². The highest BCUT2D eigenvalue weighted by atomic mass is 16.5. The molecule has 1 amide bonds. The number of ether oxygens (including phenoxy) is 1. The summed E-state index contributed by atoms with van der Waals surface area (Å²) in [5.41, 5.74) is 6.42. The van der Waals surface area contributed by atoms with Crippen molar-refractivity contribution >= 4 is 23.9 Å². The Morgan fingerprint density at radius 2 is 1.96 bits per heavy atom. The highest BCUT2D eigenvalue weighted by Gasteiger charge is 2.07. The molecule has 0 heterocycles. The van der Waals surface area contributed by atoms with Crippen molar-refractivity contribution in [1.29, 1.82) is 0 Å². The fourth-order valence-corrected chi connectivity index (χ4v) is 2.74. The third kappa shape index (κ3) is 6.25. The summed E-state index contributed by atoms with van der Waals surface area (Å²) in [6.45, 7) is 6.53. The minimum atomic E-state index is -0.314. The van der Waals surface area contributed by atoms with Crippen molar-refractivity contribution < 1.29 is 9.53 Å². The van der Waals surface area contributed by atoms with E-state index in [1.165, 1.54) is 0 Å². The zero-order valence-corrected chi connectivity index (χ0v) is 17.0. The molecule has 2 rings (SSSR count). The smallest absolute Gasteiger partial charge is 0.277 e. The van der Waals surface area contributed by atoms with Gasteiger partial charge in [-0.25, -0.2) is 5.43 Å². The minimum absolute atomic E-state index is 0.0889. The van der Waals surface area contributed by atoms with Crippen molar-refractivity contribution in [2.75, 3.05) is 39.3 Å². The van der Waals surface area contributed by atoms with Gasteiger partial charge in [0, 0.05) is 12.7 Å². The maximum Gasteiger partial charge on any atom is 0.277 e. The van der Waals surface area contributed by atoms with Gasteiger partial charge >= 0.3 is 0 Å². The van der Waals surface area contributed by atoms with Gasteiger partial charge in [-0.1, -0.05) is 36.9 Å². The maximum atomic E-state index is 11.9.